The van der Waals surface area contributed by atoms with Crippen LogP contribution in [0.3, 0.4) is 0 Å². The van der Waals surface area contributed by atoms with Gasteiger partial charge in [0.25, 0.3) is 0 Å². The fourth-order valence-electron chi connectivity index (χ4n) is 2.75. The number of carboxylic acid groups (broad SMARTS) is 1. The Morgan fingerprint density at radius 1 is 1.24 bits per heavy atom. The lowest BCUT2D eigenvalue weighted by Gasteiger charge is -2.15. The van der Waals surface area contributed by atoms with Gasteiger partial charge in [-0.15, -0.1) is 13.0 Å². The Morgan fingerprint density at radius 2 is 1.93 bits per heavy atom. The average molecular weight is 387 g/mol. The summed E-state index contributed by atoms with van der Waals surface area (Å²) >= 11 is 0. The van der Waals surface area contributed by atoms with Crippen LogP contribution in [0.15, 0.2) is 49.1 Å². The topological polar surface area (TPSA) is 79.5 Å². The molecule has 29 heavy (non-hydrogen) atoms. The largest absolute Gasteiger partial charge is 0.490 e. The number of ether oxygens (including phenoxy) is 2. The molecule has 0 aliphatic carbocycles. The van der Waals surface area contributed by atoms with E-state index in [2.05, 4.69) is 18.6 Å². The first kappa shape index (κ1) is 21.3. The molecule has 0 aliphatic rings. The molecule has 0 amide bonds. The van der Waals surface area contributed by atoms with E-state index in [4.69, 9.17) is 21.0 Å². The third-order valence-electron chi connectivity index (χ3n) is 3.99. The smallest absolute Gasteiger partial charge is 0.335 e. The van der Waals surface area contributed by atoms with Crippen molar-refractivity contribution in [2.24, 2.45) is 0 Å². The molecule has 1 N–H and O–H groups in total. The highest BCUT2D eigenvalue weighted by Gasteiger charge is 2.13. The van der Waals surface area contributed by atoms with E-state index in [0.717, 1.165) is 11.1 Å². The van der Waals surface area contributed by atoms with E-state index in [0.29, 0.717) is 35.7 Å². The molecule has 0 fully saturated rings. The number of nitriles is 1. The van der Waals surface area contributed by atoms with Crippen LogP contribution in [0, 0.1) is 23.7 Å². The SMILES string of the molecule is C#CCOc1c(CC=C)cc(/C=C(/C#N)c2ccc(C(=O)O)cc2)cc1OCC. The highest BCUT2D eigenvalue weighted by molar-refractivity contribution is 5.92. The molecule has 0 radical (unpaired) electrons. The molecule has 0 unspecified atom stereocenters. The Bertz CT molecular complexity index is 1000. The van der Waals surface area contributed by atoms with Gasteiger partial charge in [0.15, 0.2) is 11.5 Å². The number of terminal acetylenes is 1. The standard InChI is InChI=1S/C24H21NO4/c1-4-7-20-13-17(15-22(28-6-3)23(20)29-12-5-2)14-21(16-25)18-8-10-19(11-9-18)24(26)27/h2,4,8-11,13-15H,1,6-7,12H2,3H3,(H,26,27)/b21-14-. The summed E-state index contributed by atoms with van der Waals surface area (Å²) in [5.41, 5.74) is 2.76. The lowest BCUT2D eigenvalue weighted by molar-refractivity contribution is 0.0697. The molecule has 0 aromatic heterocycles. The zero-order chi connectivity index (χ0) is 21.2. The number of hydrogen-bond donors (Lipinski definition) is 1. The maximum absolute atomic E-state index is 11.0. The van der Waals surface area contributed by atoms with Gasteiger partial charge < -0.3 is 14.6 Å². The predicted octanol–water partition coefficient (Wildman–Crippen LogP) is 4.59. The van der Waals surface area contributed by atoms with E-state index in [1.807, 2.05) is 13.0 Å². The first-order valence-corrected chi connectivity index (χ1v) is 8.96. The fourth-order valence-corrected chi connectivity index (χ4v) is 2.75. The molecule has 5 heteroatoms. The minimum atomic E-state index is -1.02. The molecule has 0 saturated heterocycles. The fraction of sp³-hybridized carbons (Fsp3) is 0.167. The van der Waals surface area contributed by atoms with Crippen molar-refractivity contribution in [3.05, 3.63) is 71.3 Å². The summed E-state index contributed by atoms with van der Waals surface area (Å²) in [4.78, 5) is 11.0. The highest BCUT2D eigenvalue weighted by atomic mass is 16.5. The zero-order valence-electron chi connectivity index (χ0n) is 16.1. The van der Waals surface area contributed by atoms with Gasteiger partial charge in [-0.1, -0.05) is 24.1 Å². The van der Waals surface area contributed by atoms with Gasteiger partial charge in [-0.25, -0.2) is 4.79 Å². The van der Waals surface area contributed by atoms with Crippen molar-refractivity contribution in [3.8, 4) is 29.9 Å². The molecule has 2 aromatic rings. The van der Waals surface area contributed by atoms with Gasteiger partial charge >= 0.3 is 5.97 Å². The second-order valence-corrected chi connectivity index (χ2v) is 5.98. The summed E-state index contributed by atoms with van der Waals surface area (Å²) in [6, 6.07) is 12.0. The number of carboxylic acids is 1. The number of allylic oxidation sites excluding steroid dienone is 2. The van der Waals surface area contributed by atoms with E-state index >= 15 is 0 Å². The second kappa shape index (κ2) is 10.4. The van der Waals surface area contributed by atoms with Gasteiger partial charge in [-0.05, 0) is 54.8 Å². The highest BCUT2D eigenvalue weighted by Crippen LogP contribution is 2.35. The summed E-state index contributed by atoms with van der Waals surface area (Å²) in [6.07, 6.45) is 9.32. The summed E-state index contributed by atoms with van der Waals surface area (Å²) < 4.78 is 11.4. The second-order valence-electron chi connectivity index (χ2n) is 5.98. The average Bonchev–Trinajstić information content (AvgIpc) is 2.72. The van der Waals surface area contributed by atoms with Gasteiger partial charge in [0.1, 0.15) is 6.61 Å². The summed E-state index contributed by atoms with van der Waals surface area (Å²) in [5, 5.41) is 18.6. The number of nitrogens with zero attached hydrogens (tertiary/aromatic N) is 1. The Morgan fingerprint density at radius 3 is 2.48 bits per heavy atom. The van der Waals surface area contributed by atoms with E-state index < -0.39 is 5.97 Å². The van der Waals surface area contributed by atoms with Crippen LogP contribution in [0.2, 0.25) is 0 Å². The third-order valence-corrected chi connectivity index (χ3v) is 3.99. The van der Waals surface area contributed by atoms with E-state index in [1.54, 1.807) is 30.4 Å². The van der Waals surface area contributed by atoms with Gasteiger partial charge in [0.2, 0.25) is 0 Å². The van der Waals surface area contributed by atoms with Gasteiger partial charge in [-0.2, -0.15) is 5.26 Å². The number of carbonyl (C=O) groups is 1. The molecule has 146 valence electrons. The van der Waals surface area contributed by atoms with Crippen LogP contribution in [0.25, 0.3) is 11.6 Å². The Kier molecular flexibility index (Phi) is 7.65. The van der Waals surface area contributed by atoms with Crippen LogP contribution >= 0.6 is 0 Å². The Labute approximate surface area is 170 Å². The summed E-state index contributed by atoms with van der Waals surface area (Å²) in [6.45, 7) is 6.19. The number of benzene rings is 2. The summed E-state index contributed by atoms with van der Waals surface area (Å²) in [7, 11) is 0. The lowest BCUT2D eigenvalue weighted by atomic mass is 10.00. The van der Waals surface area contributed by atoms with Crippen LogP contribution in [0.1, 0.15) is 34.0 Å². The maximum Gasteiger partial charge on any atom is 0.335 e. The molecule has 2 rings (SSSR count). The van der Waals surface area contributed by atoms with Gasteiger partial charge in [0.05, 0.1) is 23.8 Å². The summed E-state index contributed by atoms with van der Waals surface area (Å²) in [5.74, 6) is 2.52. The van der Waals surface area contributed by atoms with Crippen molar-refractivity contribution in [1.82, 2.24) is 0 Å². The Hall–Kier alpha value is -3.96. The van der Waals surface area contributed by atoms with Crippen LogP contribution < -0.4 is 9.47 Å². The van der Waals surface area contributed by atoms with Crippen LogP contribution in [-0.2, 0) is 6.42 Å². The first-order valence-electron chi connectivity index (χ1n) is 8.96. The van der Waals surface area contributed by atoms with Crippen molar-refractivity contribution in [3.63, 3.8) is 0 Å². The van der Waals surface area contributed by atoms with Crippen molar-refractivity contribution in [2.75, 3.05) is 13.2 Å². The molecule has 0 heterocycles. The number of rotatable bonds is 9. The molecule has 0 atom stereocenters. The van der Waals surface area contributed by atoms with Crippen LogP contribution in [0.4, 0.5) is 0 Å². The van der Waals surface area contributed by atoms with Crippen molar-refractivity contribution in [1.29, 1.82) is 5.26 Å². The molecule has 0 spiro atoms. The van der Waals surface area contributed by atoms with Crippen molar-refractivity contribution in [2.45, 2.75) is 13.3 Å². The van der Waals surface area contributed by atoms with Gasteiger partial charge in [-0.3, -0.25) is 0 Å². The molecule has 0 bridgehead atoms. The van der Waals surface area contributed by atoms with Gasteiger partial charge in [0, 0.05) is 5.56 Å². The molecule has 5 nitrogen and oxygen atoms in total. The third kappa shape index (κ3) is 5.51. The van der Waals surface area contributed by atoms with Crippen molar-refractivity contribution < 1.29 is 19.4 Å². The Balaban J connectivity index is 2.53. The molecular formula is C24H21NO4. The molecule has 0 saturated carbocycles. The number of aromatic carboxylic acids is 1. The predicted molar refractivity (Wildman–Crippen MR) is 113 cm³/mol. The maximum atomic E-state index is 11.0. The van der Waals surface area contributed by atoms with E-state index in [-0.39, 0.29) is 12.2 Å². The van der Waals surface area contributed by atoms with Crippen LogP contribution in [0.5, 0.6) is 11.5 Å². The molecule has 2 aromatic carbocycles. The zero-order valence-corrected chi connectivity index (χ0v) is 16.1. The number of hydrogen-bond acceptors (Lipinski definition) is 4. The lowest BCUT2D eigenvalue weighted by Crippen LogP contribution is -2.03. The molecular weight excluding hydrogens is 366 g/mol. The minimum absolute atomic E-state index is 0.110. The quantitative estimate of drug-likeness (QED) is 0.295. The monoisotopic (exact) mass is 387 g/mol. The molecule has 0 aliphatic heterocycles. The normalized spacial score (nSPS) is 10.5. The van der Waals surface area contributed by atoms with Crippen LogP contribution in [-0.4, -0.2) is 24.3 Å². The van der Waals surface area contributed by atoms with E-state index in [9.17, 15) is 10.1 Å². The minimum Gasteiger partial charge on any atom is -0.490 e. The van der Waals surface area contributed by atoms with Crippen molar-refractivity contribution >= 4 is 17.6 Å². The van der Waals surface area contributed by atoms with E-state index in [1.165, 1.54) is 12.1 Å². The first-order chi connectivity index (χ1) is 14.0.